The number of thiocarbonyl (C=S) groups is 1. The molecule has 0 amide bonds. The molecule has 1 heterocycles. The second-order valence-electron chi connectivity index (χ2n) is 6.28. The van der Waals surface area contributed by atoms with Crippen LogP contribution in [0.2, 0.25) is 0 Å². The summed E-state index contributed by atoms with van der Waals surface area (Å²) in [6.45, 7) is 5.09. The topological polar surface area (TPSA) is 77.1 Å². The number of ether oxygens (including phenoxy) is 3. The molecule has 0 saturated carbocycles. The van der Waals surface area contributed by atoms with Crippen molar-refractivity contribution in [3.63, 3.8) is 0 Å². The van der Waals surface area contributed by atoms with Crippen molar-refractivity contribution in [3.05, 3.63) is 46.7 Å². The number of rotatable bonds is 8. The molecule has 0 aromatic heterocycles. The number of carbonyl (C=O) groups is 2. The van der Waals surface area contributed by atoms with Crippen LogP contribution in [0, 0.1) is 0 Å². The summed E-state index contributed by atoms with van der Waals surface area (Å²) in [6.07, 6.45) is 0.879. The van der Waals surface area contributed by atoms with E-state index in [4.69, 9.17) is 26.4 Å². The molecule has 8 heteroatoms. The second-order valence-corrected chi connectivity index (χ2v) is 6.66. The Morgan fingerprint density at radius 1 is 1.14 bits per heavy atom. The van der Waals surface area contributed by atoms with Crippen LogP contribution in [0.3, 0.4) is 0 Å². The van der Waals surface area contributed by atoms with Gasteiger partial charge in [-0.1, -0.05) is 19.1 Å². The Balaban J connectivity index is 2.40. The zero-order valence-electron chi connectivity index (χ0n) is 16.6. The lowest BCUT2D eigenvalue weighted by Crippen LogP contribution is -2.48. The largest absolute Gasteiger partial charge is 0.465 e. The molecule has 2 rings (SSSR count). The van der Waals surface area contributed by atoms with Gasteiger partial charge in [-0.2, -0.15) is 0 Å². The minimum Gasteiger partial charge on any atom is -0.465 e. The zero-order chi connectivity index (χ0) is 20.7. The predicted octanol–water partition coefficient (Wildman–Crippen LogP) is 2.58. The Hall–Kier alpha value is -2.45. The molecular weight excluding hydrogens is 380 g/mol. The Labute approximate surface area is 170 Å². The van der Waals surface area contributed by atoms with Gasteiger partial charge in [0.25, 0.3) is 0 Å². The molecule has 1 atom stereocenters. The Morgan fingerprint density at radius 3 is 2.39 bits per heavy atom. The molecule has 0 spiro atoms. The monoisotopic (exact) mass is 406 g/mol. The summed E-state index contributed by atoms with van der Waals surface area (Å²) in [4.78, 5) is 26.4. The molecule has 152 valence electrons. The number of hydrogen-bond acceptors (Lipinski definition) is 6. The van der Waals surface area contributed by atoms with E-state index in [2.05, 4.69) is 5.32 Å². The molecular formula is C20H26N2O5S. The number of benzene rings is 1. The lowest BCUT2D eigenvalue weighted by atomic mass is 9.94. The fraction of sp³-hybridized carbons (Fsp3) is 0.450. The quantitative estimate of drug-likeness (QED) is 0.401. The van der Waals surface area contributed by atoms with Gasteiger partial charge < -0.3 is 24.4 Å². The first-order valence-corrected chi connectivity index (χ1v) is 9.48. The van der Waals surface area contributed by atoms with Crippen molar-refractivity contribution in [2.24, 2.45) is 0 Å². The Bertz CT molecular complexity index is 760. The van der Waals surface area contributed by atoms with Crippen LogP contribution in [-0.2, 0) is 19.0 Å². The van der Waals surface area contributed by atoms with Crippen molar-refractivity contribution in [2.75, 3.05) is 34.0 Å². The lowest BCUT2D eigenvalue weighted by molar-refractivity contribution is -0.140. The van der Waals surface area contributed by atoms with Gasteiger partial charge in [0, 0.05) is 19.4 Å². The molecule has 1 aliphatic rings. The van der Waals surface area contributed by atoms with Crippen LogP contribution >= 0.6 is 12.2 Å². The number of esters is 2. The SMILES string of the molecule is CCCN1C(=S)N[C@H](c2ccc(C(=O)OC)cc2)C(C(=O)OCCOC)=C1C. The van der Waals surface area contributed by atoms with E-state index in [-0.39, 0.29) is 6.61 Å². The molecule has 28 heavy (non-hydrogen) atoms. The number of hydrogen-bond donors (Lipinski definition) is 1. The summed E-state index contributed by atoms with van der Waals surface area (Å²) in [5.74, 6) is -0.841. The van der Waals surface area contributed by atoms with E-state index in [1.807, 2.05) is 18.7 Å². The van der Waals surface area contributed by atoms with E-state index in [9.17, 15) is 9.59 Å². The van der Waals surface area contributed by atoms with E-state index in [0.29, 0.717) is 29.4 Å². The first-order valence-electron chi connectivity index (χ1n) is 9.07. The van der Waals surface area contributed by atoms with Gasteiger partial charge in [0.05, 0.1) is 30.9 Å². The molecule has 0 unspecified atom stereocenters. The fourth-order valence-electron chi connectivity index (χ4n) is 3.01. The Morgan fingerprint density at radius 2 is 1.82 bits per heavy atom. The lowest BCUT2D eigenvalue weighted by Gasteiger charge is -2.37. The van der Waals surface area contributed by atoms with Crippen LogP contribution in [0.5, 0.6) is 0 Å². The first kappa shape index (κ1) is 21.8. The molecule has 1 aliphatic heterocycles. The normalized spacial score (nSPS) is 16.6. The van der Waals surface area contributed by atoms with Crippen molar-refractivity contribution in [3.8, 4) is 0 Å². The van der Waals surface area contributed by atoms with Gasteiger partial charge in [0.1, 0.15) is 6.61 Å². The van der Waals surface area contributed by atoms with Crippen molar-refractivity contribution >= 4 is 29.3 Å². The molecule has 1 aromatic rings. The molecule has 0 fully saturated rings. The van der Waals surface area contributed by atoms with Crippen molar-refractivity contribution < 1.29 is 23.8 Å². The number of allylic oxidation sites excluding steroid dienone is 1. The highest BCUT2D eigenvalue weighted by atomic mass is 32.1. The number of methoxy groups -OCH3 is 2. The summed E-state index contributed by atoms with van der Waals surface area (Å²) < 4.78 is 15.1. The summed E-state index contributed by atoms with van der Waals surface area (Å²) in [6, 6.07) is 6.40. The highest BCUT2D eigenvalue weighted by Crippen LogP contribution is 2.31. The molecule has 0 bridgehead atoms. The average Bonchev–Trinajstić information content (AvgIpc) is 2.70. The van der Waals surface area contributed by atoms with E-state index >= 15 is 0 Å². The van der Waals surface area contributed by atoms with Gasteiger partial charge >= 0.3 is 11.9 Å². The minimum atomic E-state index is -0.470. The average molecular weight is 407 g/mol. The minimum absolute atomic E-state index is 0.165. The van der Waals surface area contributed by atoms with Crippen molar-refractivity contribution in [2.45, 2.75) is 26.3 Å². The molecule has 0 saturated heterocycles. The summed E-state index contributed by atoms with van der Waals surface area (Å²) in [7, 11) is 2.88. The third kappa shape index (κ3) is 4.88. The van der Waals surface area contributed by atoms with E-state index < -0.39 is 18.0 Å². The number of nitrogens with zero attached hydrogens (tertiary/aromatic N) is 1. The maximum Gasteiger partial charge on any atom is 0.338 e. The third-order valence-electron chi connectivity index (χ3n) is 4.45. The van der Waals surface area contributed by atoms with Gasteiger partial charge in [-0.05, 0) is 43.3 Å². The third-order valence-corrected chi connectivity index (χ3v) is 4.79. The molecule has 0 radical (unpaired) electrons. The van der Waals surface area contributed by atoms with Crippen LogP contribution in [0.15, 0.2) is 35.5 Å². The second kappa shape index (κ2) is 10.2. The first-order chi connectivity index (χ1) is 13.4. The molecule has 7 nitrogen and oxygen atoms in total. The fourth-order valence-corrected chi connectivity index (χ4v) is 3.36. The zero-order valence-corrected chi connectivity index (χ0v) is 17.4. The maximum absolute atomic E-state index is 12.8. The van der Waals surface area contributed by atoms with Crippen molar-refractivity contribution in [1.82, 2.24) is 10.2 Å². The summed E-state index contributed by atoms with van der Waals surface area (Å²) in [5.41, 5.74) is 2.48. The maximum atomic E-state index is 12.8. The van der Waals surface area contributed by atoms with Crippen LogP contribution in [0.1, 0.15) is 42.2 Å². The van der Waals surface area contributed by atoms with E-state index in [0.717, 1.165) is 17.7 Å². The smallest absolute Gasteiger partial charge is 0.338 e. The van der Waals surface area contributed by atoms with Crippen LogP contribution in [0.4, 0.5) is 0 Å². The van der Waals surface area contributed by atoms with Crippen molar-refractivity contribution in [1.29, 1.82) is 0 Å². The molecule has 1 aromatic carbocycles. The number of nitrogens with one attached hydrogen (secondary N) is 1. The summed E-state index contributed by atoms with van der Waals surface area (Å²) in [5, 5.41) is 3.78. The molecule has 1 N–H and O–H groups in total. The van der Waals surface area contributed by atoms with Gasteiger partial charge in [-0.25, -0.2) is 9.59 Å². The summed E-state index contributed by atoms with van der Waals surface area (Å²) >= 11 is 5.51. The number of carbonyl (C=O) groups excluding carboxylic acids is 2. The standard InChI is InChI=1S/C20H26N2O5S/c1-5-10-22-13(2)16(19(24)27-12-11-25-3)17(21-20(22)28)14-6-8-15(9-7-14)18(23)26-4/h6-9,17H,5,10-12H2,1-4H3,(H,21,28)/t17-/m1/s1. The Kier molecular flexibility index (Phi) is 7.95. The van der Waals surface area contributed by atoms with Gasteiger partial charge in [0.2, 0.25) is 0 Å². The molecule has 0 aliphatic carbocycles. The highest BCUT2D eigenvalue weighted by molar-refractivity contribution is 7.80. The van der Waals surface area contributed by atoms with Crippen LogP contribution in [-0.4, -0.2) is 55.9 Å². The predicted molar refractivity (Wildman–Crippen MR) is 109 cm³/mol. The highest BCUT2D eigenvalue weighted by Gasteiger charge is 2.34. The van der Waals surface area contributed by atoms with Gasteiger partial charge in [-0.3, -0.25) is 0 Å². The van der Waals surface area contributed by atoms with E-state index in [1.165, 1.54) is 7.11 Å². The van der Waals surface area contributed by atoms with Gasteiger partial charge in [0.15, 0.2) is 5.11 Å². The van der Waals surface area contributed by atoms with Crippen LogP contribution < -0.4 is 5.32 Å². The van der Waals surface area contributed by atoms with Crippen LogP contribution in [0.25, 0.3) is 0 Å². The van der Waals surface area contributed by atoms with E-state index in [1.54, 1.807) is 31.4 Å². The van der Waals surface area contributed by atoms with Gasteiger partial charge in [-0.15, -0.1) is 0 Å².